The Morgan fingerprint density at radius 3 is 2.45 bits per heavy atom. The molecule has 1 aromatic heterocycles. The number of hydrogen-bond acceptors (Lipinski definition) is 4. The molecule has 2 aromatic rings. The highest BCUT2D eigenvalue weighted by molar-refractivity contribution is 9.10. The van der Waals surface area contributed by atoms with E-state index in [1.54, 1.807) is 6.33 Å². The van der Waals surface area contributed by atoms with Gasteiger partial charge in [-0.05, 0) is 34.8 Å². The van der Waals surface area contributed by atoms with E-state index in [9.17, 15) is 0 Å². The van der Waals surface area contributed by atoms with E-state index in [1.165, 1.54) is 5.56 Å². The molecule has 0 amide bonds. The lowest BCUT2D eigenvalue weighted by Crippen LogP contribution is -2.12. The third kappa shape index (κ3) is 3.48. The molecule has 0 aliphatic carbocycles. The summed E-state index contributed by atoms with van der Waals surface area (Å²) in [5, 5.41) is 6.68. The fraction of sp³-hybridized carbons (Fsp3) is 0.333. The first kappa shape index (κ1) is 14.8. The topological polar surface area (TPSA) is 49.8 Å². The predicted octanol–water partition coefficient (Wildman–Crippen LogP) is 4.23. The van der Waals surface area contributed by atoms with Gasteiger partial charge in [0.1, 0.15) is 22.4 Å². The van der Waals surface area contributed by atoms with Crippen LogP contribution in [0.4, 0.5) is 11.6 Å². The largest absolute Gasteiger partial charge is 0.369 e. The van der Waals surface area contributed by atoms with Crippen molar-refractivity contribution in [3.8, 4) is 0 Å². The van der Waals surface area contributed by atoms with Crippen LogP contribution >= 0.6 is 15.9 Å². The van der Waals surface area contributed by atoms with E-state index >= 15 is 0 Å². The molecular weight excluding hydrogens is 316 g/mol. The summed E-state index contributed by atoms with van der Waals surface area (Å²) in [4.78, 5) is 8.55. The zero-order valence-corrected chi connectivity index (χ0v) is 13.3. The van der Waals surface area contributed by atoms with E-state index in [2.05, 4.69) is 67.7 Å². The first-order valence-corrected chi connectivity index (χ1v) is 7.61. The molecule has 0 bridgehead atoms. The van der Waals surface area contributed by atoms with Gasteiger partial charge in [-0.3, -0.25) is 0 Å². The van der Waals surface area contributed by atoms with E-state index in [1.807, 2.05) is 13.0 Å². The second kappa shape index (κ2) is 7.24. The molecule has 0 saturated heterocycles. The Kier molecular flexibility index (Phi) is 5.35. The van der Waals surface area contributed by atoms with Crippen molar-refractivity contribution < 1.29 is 0 Å². The Morgan fingerprint density at radius 1 is 1.10 bits per heavy atom. The minimum Gasteiger partial charge on any atom is -0.369 e. The van der Waals surface area contributed by atoms with Gasteiger partial charge in [-0.15, -0.1) is 0 Å². The number of nitrogens with one attached hydrogen (secondary N) is 2. The van der Waals surface area contributed by atoms with Crippen LogP contribution in [0.5, 0.6) is 0 Å². The minimum absolute atomic E-state index is 0.233. The summed E-state index contributed by atoms with van der Waals surface area (Å²) in [6.07, 6.45) is 2.56. The van der Waals surface area contributed by atoms with E-state index in [4.69, 9.17) is 0 Å². The van der Waals surface area contributed by atoms with Gasteiger partial charge in [0, 0.05) is 6.54 Å². The van der Waals surface area contributed by atoms with Crippen LogP contribution in [0.2, 0.25) is 0 Å². The molecule has 0 radical (unpaired) electrons. The lowest BCUT2D eigenvalue weighted by atomic mass is 10.0. The minimum atomic E-state index is 0.233. The molecule has 1 heterocycles. The van der Waals surface area contributed by atoms with Gasteiger partial charge in [0.05, 0.1) is 6.04 Å². The highest BCUT2D eigenvalue weighted by Gasteiger charge is 2.13. The van der Waals surface area contributed by atoms with Crippen molar-refractivity contribution in [2.24, 2.45) is 0 Å². The van der Waals surface area contributed by atoms with Crippen LogP contribution in [-0.2, 0) is 0 Å². The maximum Gasteiger partial charge on any atom is 0.146 e. The summed E-state index contributed by atoms with van der Waals surface area (Å²) in [6, 6.07) is 10.6. The van der Waals surface area contributed by atoms with Crippen molar-refractivity contribution >= 4 is 27.6 Å². The molecule has 1 atom stereocenters. The Bertz CT molecular complexity index is 545. The summed E-state index contributed by atoms with van der Waals surface area (Å²) in [7, 11) is 0. The maximum atomic E-state index is 4.33. The molecule has 0 spiro atoms. The second-order valence-electron chi connectivity index (χ2n) is 4.43. The molecule has 0 aliphatic heterocycles. The van der Waals surface area contributed by atoms with Gasteiger partial charge in [0.15, 0.2) is 0 Å². The van der Waals surface area contributed by atoms with Gasteiger partial charge in [-0.2, -0.15) is 0 Å². The third-order valence-electron chi connectivity index (χ3n) is 3.05. The monoisotopic (exact) mass is 334 g/mol. The van der Waals surface area contributed by atoms with E-state index in [0.717, 1.165) is 29.1 Å². The van der Waals surface area contributed by atoms with Gasteiger partial charge in [-0.1, -0.05) is 37.3 Å². The Balaban J connectivity index is 2.22. The van der Waals surface area contributed by atoms with Crippen molar-refractivity contribution in [3.05, 3.63) is 46.7 Å². The van der Waals surface area contributed by atoms with Crippen LogP contribution in [0.1, 0.15) is 31.9 Å². The molecular formula is C15H19BrN4. The Morgan fingerprint density at radius 2 is 1.80 bits per heavy atom. The van der Waals surface area contributed by atoms with Crippen molar-refractivity contribution in [2.45, 2.75) is 26.3 Å². The fourth-order valence-corrected chi connectivity index (χ4v) is 2.49. The predicted molar refractivity (Wildman–Crippen MR) is 87.0 cm³/mol. The average molecular weight is 335 g/mol. The third-order valence-corrected chi connectivity index (χ3v) is 3.81. The molecule has 106 valence electrons. The fourth-order valence-electron chi connectivity index (χ4n) is 2.03. The van der Waals surface area contributed by atoms with Crippen LogP contribution in [0.25, 0.3) is 0 Å². The van der Waals surface area contributed by atoms with Gasteiger partial charge in [0.2, 0.25) is 0 Å². The van der Waals surface area contributed by atoms with Crippen molar-refractivity contribution in [1.82, 2.24) is 9.97 Å². The summed E-state index contributed by atoms with van der Waals surface area (Å²) in [6.45, 7) is 5.02. The highest BCUT2D eigenvalue weighted by Crippen LogP contribution is 2.30. The number of halogens is 1. The maximum absolute atomic E-state index is 4.33. The first-order valence-electron chi connectivity index (χ1n) is 6.82. The molecule has 4 nitrogen and oxygen atoms in total. The molecule has 2 N–H and O–H groups in total. The lowest BCUT2D eigenvalue weighted by molar-refractivity contribution is 0.743. The highest BCUT2D eigenvalue weighted by atomic mass is 79.9. The van der Waals surface area contributed by atoms with E-state index in [0.29, 0.717) is 0 Å². The van der Waals surface area contributed by atoms with Crippen molar-refractivity contribution in [3.63, 3.8) is 0 Å². The number of nitrogens with zero attached hydrogens (tertiary/aromatic N) is 2. The summed E-state index contributed by atoms with van der Waals surface area (Å²) < 4.78 is 0.872. The number of aromatic nitrogens is 2. The van der Waals surface area contributed by atoms with Crippen LogP contribution in [0.15, 0.2) is 41.1 Å². The molecule has 0 aliphatic rings. The molecule has 2 rings (SSSR count). The standard InChI is InChI=1S/C15H19BrN4/c1-3-12(11-8-6-5-7-9-11)20-15-13(16)14(17-4-2)18-10-19-15/h5-10,12H,3-4H2,1-2H3,(H2,17,18,19,20). The van der Waals surface area contributed by atoms with Gasteiger partial charge < -0.3 is 10.6 Å². The van der Waals surface area contributed by atoms with Gasteiger partial charge in [0.25, 0.3) is 0 Å². The quantitative estimate of drug-likeness (QED) is 0.829. The number of hydrogen-bond donors (Lipinski definition) is 2. The van der Waals surface area contributed by atoms with Gasteiger partial charge >= 0.3 is 0 Å². The normalized spacial score (nSPS) is 11.9. The SMILES string of the molecule is CCNc1ncnc(NC(CC)c2ccccc2)c1Br. The smallest absolute Gasteiger partial charge is 0.146 e. The Hall–Kier alpha value is -1.62. The van der Waals surface area contributed by atoms with Crippen LogP contribution in [0, 0.1) is 0 Å². The molecule has 1 unspecified atom stereocenters. The summed E-state index contributed by atoms with van der Waals surface area (Å²) >= 11 is 3.56. The zero-order valence-electron chi connectivity index (χ0n) is 11.7. The number of anilines is 2. The Labute approximate surface area is 128 Å². The summed E-state index contributed by atoms with van der Waals surface area (Å²) in [5.41, 5.74) is 1.26. The molecule has 1 aromatic carbocycles. The first-order chi connectivity index (χ1) is 9.76. The molecule has 20 heavy (non-hydrogen) atoms. The average Bonchev–Trinajstić information content (AvgIpc) is 2.49. The van der Waals surface area contributed by atoms with Crippen LogP contribution in [0.3, 0.4) is 0 Å². The zero-order chi connectivity index (χ0) is 14.4. The van der Waals surface area contributed by atoms with Gasteiger partial charge in [-0.25, -0.2) is 9.97 Å². The van der Waals surface area contributed by atoms with Crippen molar-refractivity contribution in [2.75, 3.05) is 17.2 Å². The lowest BCUT2D eigenvalue weighted by Gasteiger charge is -2.19. The number of rotatable bonds is 6. The molecule has 5 heteroatoms. The molecule has 0 saturated carbocycles. The van der Waals surface area contributed by atoms with Crippen molar-refractivity contribution in [1.29, 1.82) is 0 Å². The van der Waals surface area contributed by atoms with Crippen LogP contribution < -0.4 is 10.6 Å². The number of benzene rings is 1. The molecule has 0 fully saturated rings. The summed E-state index contributed by atoms with van der Waals surface area (Å²) in [5.74, 6) is 1.62. The van der Waals surface area contributed by atoms with E-state index in [-0.39, 0.29) is 6.04 Å². The van der Waals surface area contributed by atoms with Crippen LogP contribution in [-0.4, -0.2) is 16.5 Å². The van der Waals surface area contributed by atoms with E-state index < -0.39 is 0 Å². The second-order valence-corrected chi connectivity index (χ2v) is 5.22.